The molecule has 2 aromatic heterocycles. The van der Waals surface area contributed by atoms with Crippen LogP contribution in [0.2, 0.25) is 0 Å². The Kier molecular flexibility index (Phi) is 7.29. The minimum Gasteiger partial charge on any atom is -0.496 e. The molecule has 0 amide bonds. The lowest BCUT2D eigenvalue weighted by molar-refractivity contribution is 0.0674. The molecule has 40 heavy (non-hydrogen) atoms. The van der Waals surface area contributed by atoms with Crippen molar-refractivity contribution in [3.63, 3.8) is 0 Å². The van der Waals surface area contributed by atoms with Gasteiger partial charge in [0.15, 0.2) is 11.5 Å². The third-order valence-corrected chi connectivity index (χ3v) is 6.29. The molecule has 0 fully saturated rings. The molecule has 0 N–H and O–H groups in total. The predicted octanol–water partition coefficient (Wildman–Crippen LogP) is 6.32. The first-order valence-corrected chi connectivity index (χ1v) is 12.5. The molecule has 1 aliphatic rings. The topological polar surface area (TPSA) is 114 Å². The van der Waals surface area contributed by atoms with Crippen molar-refractivity contribution >= 4 is 23.8 Å². The zero-order valence-electron chi connectivity index (χ0n) is 22.1. The van der Waals surface area contributed by atoms with Crippen LogP contribution in [0.25, 0.3) is 6.08 Å². The van der Waals surface area contributed by atoms with Crippen molar-refractivity contribution in [1.29, 1.82) is 0 Å². The number of esters is 2. The standard InChI is InChI=1S/C31H26O9/c1-31(2)15-14-21-25(40-31)18-26(35-3)27(28(21)39-30(34)24-7-5-17-37-24)22(32)13-10-19-8-11-20(12-9-19)38-29(33)23-6-4-16-36-23/h4-13,16-18H,14-15H2,1-3H3/b13-10+. The summed E-state index contributed by atoms with van der Waals surface area (Å²) in [5.41, 5.74) is 0.913. The van der Waals surface area contributed by atoms with Gasteiger partial charge in [-0.1, -0.05) is 18.2 Å². The highest BCUT2D eigenvalue weighted by Gasteiger charge is 2.34. The van der Waals surface area contributed by atoms with Gasteiger partial charge in [0, 0.05) is 11.6 Å². The van der Waals surface area contributed by atoms with Crippen molar-refractivity contribution in [2.75, 3.05) is 7.11 Å². The van der Waals surface area contributed by atoms with Gasteiger partial charge in [-0.3, -0.25) is 4.79 Å². The van der Waals surface area contributed by atoms with Crippen LogP contribution in [0, 0.1) is 0 Å². The van der Waals surface area contributed by atoms with Crippen LogP contribution in [0.3, 0.4) is 0 Å². The van der Waals surface area contributed by atoms with E-state index in [-0.39, 0.29) is 28.6 Å². The fourth-order valence-corrected chi connectivity index (χ4v) is 4.25. The Labute approximate surface area is 229 Å². The van der Waals surface area contributed by atoms with Crippen LogP contribution in [-0.2, 0) is 6.42 Å². The molecule has 0 atom stereocenters. The van der Waals surface area contributed by atoms with Crippen molar-refractivity contribution in [2.24, 2.45) is 0 Å². The second-order valence-electron chi connectivity index (χ2n) is 9.62. The van der Waals surface area contributed by atoms with Gasteiger partial charge in [0.05, 0.1) is 19.6 Å². The molecule has 0 bridgehead atoms. The molecule has 9 nitrogen and oxygen atoms in total. The van der Waals surface area contributed by atoms with Gasteiger partial charge >= 0.3 is 11.9 Å². The van der Waals surface area contributed by atoms with Crippen LogP contribution in [0.15, 0.2) is 82.0 Å². The normalized spacial score (nSPS) is 13.8. The number of hydrogen-bond donors (Lipinski definition) is 0. The maximum Gasteiger partial charge on any atom is 0.379 e. The zero-order chi connectivity index (χ0) is 28.3. The van der Waals surface area contributed by atoms with Gasteiger partial charge in [0.2, 0.25) is 11.5 Å². The minimum atomic E-state index is -0.747. The van der Waals surface area contributed by atoms with Gasteiger partial charge in [-0.2, -0.15) is 0 Å². The molecule has 0 unspecified atom stereocenters. The van der Waals surface area contributed by atoms with Gasteiger partial charge in [-0.15, -0.1) is 0 Å². The molecule has 5 rings (SSSR count). The Hall–Kier alpha value is -5.05. The lowest BCUT2D eigenvalue weighted by Crippen LogP contribution is -2.33. The quantitative estimate of drug-likeness (QED) is 0.109. The SMILES string of the molecule is COc1cc2c(c(OC(=O)c3ccco3)c1C(=O)/C=C/c1ccc(OC(=O)c3ccco3)cc1)CCC(C)(C)O2. The van der Waals surface area contributed by atoms with Crippen molar-refractivity contribution < 1.29 is 42.2 Å². The Bertz CT molecular complexity index is 1560. The number of benzene rings is 2. The monoisotopic (exact) mass is 542 g/mol. The average Bonchev–Trinajstić information content (AvgIpc) is 3.67. The van der Waals surface area contributed by atoms with Gasteiger partial charge in [0.1, 0.15) is 28.4 Å². The minimum absolute atomic E-state index is 0.00425. The van der Waals surface area contributed by atoms with Crippen molar-refractivity contribution in [3.8, 4) is 23.0 Å². The number of methoxy groups -OCH3 is 1. The highest BCUT2D eigenvalue weighted by molar-refractivity contribution is 6.11. The average molecular weight is 543 g/mol. The van der Waals surface area contributed by atoms with Crippen LogP contribution in [0.5, 0.6) is 23.0 Å². The predicted molar refractivity (Wildman–Crippen MR) is 143 cm³/mol. The Morgan fingerprint density at radius 2 is 1.55 bits per heavy atom. The Balaban J connectivity index is 1.43. The first-order chi connectivity index (χ1) is 19.2. The number of carbonyl (C=O) groups excluding carboxylic acids is 3. The molecule has 4 aromatic rings. The van der Waals surface area contributed by atoms with Crippen LogP contribution in [0.1, 0.15) is 62.9 Å². The van der Waals surface area contributed by atoms with E-state index in [1.807, 2.05) is 13.8 Å². The van der Waals surface area contributed by atoms with Crippen LogP contribution in [-0.4, -0.2) is 30.4 Å². The Morgan fingerprint density at radius 3 is 2.15 bits per heavy atom. The maximum atomic E-state index is 13.5. The molecule has 3 heterocycles. The summed E-state index contributed by atoms with van der Waals surface area (Å²) in [7, 11) is 1.43. The third kappa shape index (κ3) is 5.68. The maximum absolute atomic E-state index is 13.5. The number of carbonyl (C=O) groups is 3. The number of ketones is 1. The molecule has 2 aromatic carbocycles. The van der Waals surface area contributed by atoms with Crippen molar-refractivity contribution in [2.45, 2.75) is 32.3 Å². The van der Waals surface area contributed by atoms with E-state index in [2.05, 4.69) is 0 Å². The summed E-state index contributed by atoms with van der Waals surface area (Å²) in [4.78, 5) is 38.5. The van der Waals surface area contributed by atoms with E-state index in [0.717, 1.165) is 0 Å². The Morgan fingerprint density at radius 1 is 0.900 bits per heavy atom. The van der Waals surface area contributed by atoms with E-state index in [1.165, 1.54) is 37.8 Å². The van der Waals surface area contributed by atoms with Crippen LogP contribution in [0.4, 0.5) is 0 Å². The van der Waals surface area contributed by atoms with Crippen LogP contribution >= 0.6 is 0 Å². The number of rotatable bonds is 8. The van der Waals surface area contributed by atoms with E-state index in [4.69, 9.17) is 27.8 Å². The highest BCUT2D eigenvalue weighted by Crippen LogP contribution is 2.45. The molecule has 0 radical (unpaired) electrons. The van der Waals surface area contributed by atoms with Gasteiger partial charge in [-0.25, -0.2) is 9.59 Å². The van der Waals surface area contributed by atoms with Crippen molar-refractivity contribution in [1.82, 2.24) is 0 Å². The van der Waals surface area contributed by atoms with E-state index < -0.39 is 23.3 Å². The second kappa shape index (κ2) is 11.0. The lowest BCUT2D eigenvalue weighted by Gasteiger charge is -2.34. The lowest BCUT2D eigenvalue weighted by atomic mass is 9.91. The molecular formula is C31H26O9. The summed E-state index contributed by atoms with van der Waals surface area (Å²) in [6.07, 6.45) is 6.87. The first-order valence-electron chi connectivity index (χ1n) is 12.5. The summed E-state index contributed by atoms with van der Waals surface area (Å²) in [5, 5.41) is 0. The number of hydrogen-bond acceptors (Lipinski definition) is 9. The van der Waals surface area contributed by atoms with Gasteiger partial charge in [0.25, 0.3) is 0 Å². The smallest absolute Gasteiger partial charge is 0.379 e. The van der Waals surface area contributed by atoms with E-state index >= 15 is 0 Å². The molecule has 0 saturated heterocycles. The number of allylic oxidation sites excluding steroid dienone is 1. The third-order valence-electron chi connectivity index (χ3n) is 6.29. The molecule has 9 heteroatoms. The largest absolute Gasteiger partial charge is 0.496 e. The number of fused-ring (bicyclic) bond motifs is 1. The van der Waals surface area contributed by atoms with Gasteiger partial charge < -0.3 is 27.8 Å². The zero-order valence-corrected chi connectivity index (χ0v) is 22.1. The molecule has 1 aliphatic heterocycles. The summed E-state index contributed by atoms with van der Waals surface area (Å²) >= 11 is 0. The van der Waals surface area contributed by atoms with E-state index in [1.54, 1.807) is 48.5 Å². The number of ether oxygens (including phenoxy) is 4. The van der Waals surface area contributed by atoms with E-state index in [9.17, 15) is 14.4 Å². The summed E-state index contributed by atoms with van der Waals surface area (Å²) in [5.74, 6) is -0.655. The summed E-state index contributed by atoms with van der Waals surface area (Å²) < 4.78 is 32.9. The molecule has 0 aliphatic carbocycles. The highest BCUT2D eigenvalue weighted by atomic mass is 16.6. The molecule has 0 spiro atoms. The van der Waals surface area contributed by atoms with Crippen LogP contribution < -0.4 is 18.9 Å². The summed E-state index contributed by atoms with van der Waals surface area (Å²) in [6.45, 7) is 3.92. The van der Waals surface area contributed by atoms with Gasteiger partial charge in [-0.05, 0) is 74.7 Å². The van der Waals surface area contributed by atoms with Crippen molar-refractivity contribution in [3.05, 3.63) is 101 Å². The summed E-state index contributed by atoms with van der Waals surface area (Å²) in [6, 6.07) is 14.4. The second-order valence-corrected chi connectivity index (χ2v) is 9.62. The first kappa shape index (κ1) is 26.6. The molecule has 0 saturated carbocycles. The molecular weight excluding hydrogens is 516 g/mol. The fraction of sp³-hybridized carbons (Fsp3) is 0.194. The fourth-order valence-electron chi connectivity index (χ4n) is 4.25. The van der Waals surface area contributed by atoms with E-state index in [0.29, 0.717) is 35.5 Å². The molecule has 204 valence electrons. The number of furan rings is 2.